The summed E-state index contributed by atoms with van der Waals surface area (Å²) in [6.07, 6.45) is 1.26. The lowest BCUT2D eigenvalue weighted by Gasteiger charge is -2.18. The molecule has 0 atom stereocenters. The van der Waals surface area contributed by atoms with Gasteiger partial charge < -0.3 is 16.0 Å². The van der Waals surface area contributed by atoms with Gasteiger partial charge in [0, 0.05) is 26.1 Å². The van der Waals surface area contributed by atoms with E-state index in [1.54, 1.807) is 4.90 Å². The molecule has 1 aromatic heterocycles. The SMILES string of the molecule is CCN(CC)C(=O)CCNc1nc(N)ncc1[N+](=O)[O-]. The third-order valence-electron chi connectivity index (χ3n) is 2.73. The van der Waals surface area contributed by atoms with Crippen LogP contribution >= 0.6 is 0 Å². The molecule has 0 bridgehead atoms. The van der Waals surface area contributed by atoms with Crippen LogP contribution in [0, 0.1) is 10.1 Å². The molecule has 0 saturated carbocycles. The molecule has 0 saturated heterocycles. The van der Waals surface area contributed by atoms with E-state index in [1.807, 2.05) is 13.8 Å². The molecule has 9 nitrogen and oxygen atoms in total. The summed E-state index contributed by atoms with van der Waals surface area (Å²) >= 11 is 0. The Hall–Kier alpha value is -2.45. The summed E-state index contributed by atoms with van der Waals surface area (Å²) in [5.74, 6) is -0.0600. The third kappa shape index (κ3) is 4.04. The molecule has 3 N–H and O–H groups in total. The van der Waals surface area contributed by atoms with Gasteiger partial charge in [-0.05, 0) is 13.8 Å². The maximum atomic E-state index is 11.8. The fourth-order valence-electron chi connectivity index (χ4n) is 1.68. The number of nitrogens with zero attached hydrogens (tertiary/aromatic N) is 4. The lowest BCUT2D eigenvalue weighted by atomic mass is 10.3. The highest BCUT2D eigenvalue weighted by Crippen LogP contribution is 2.20. The standard InChI is InChI=1S/C11H18N6O3/c1-3-16(4-2)9(18)5-6-13-10-8(17(19)20)7-14-11(12)15-10/h7H,3-6H2,1-2H3,(H3,12,13,14,15). The van der Waals surface area contributed by atoms with Crippen LogP contribution in [-0.2, 0) is 4.79 Å². The van der Waals surface area contributed by atoms with Crippen molar-refractivity contribution in [3.05, 3.63) is 16.3 Å². The van der Waals surface area contributed by atoms with Crippen molar-refractivity contribution in [1.29, 1.82) is 0 Å². The van der Waals surface area contributed by atoms with Gasteiger partial charge >= 0.3 is 5.69 Å². The van der Waals surface area contributed by atoms with Gasteiger partial charge in [-0.3, -0.25) is 14.9 Å². The zero-order valence-electron chi connectivity index (χ0n) is 11.5. The Labute approximate surface area is 116 Å². The van der Waals surface area contributed by atoms with Gasteiger partial charge in [0.1, 0.15) is 6.20 Å². The summed E-state index contributed by atoms with van der Waals surface area (Å²) in [6.45, 7) is 5.30. The van der Waals surface area contributed by atoms with Gasteiger partial charge in [0.2, 0.25) is 17.7 Å². The number of carbonyl (C=O) groups excluding carboxylic acids is 1. The molecule has 110 valence electrons. The predicted octanol–water partition coefficient (Wildman–Crippen LogP) is 0.637. The molecule has 1 aromatic rings. The summed E-state index contributed by atoms with van der Waals surface area (Å²) in [7, 11) is 0. The number of nitrogen functional groups attached to an aromatic ring is 1. The van der Waals surface area contributed by atoms with Crippen LogP contribution in [0.25, 0.3) is 0 Å². The topological polar surface area (TPSA) is 127 Å². The highest BCUT2D eigenvalue weighted by molar-refractivity contribution is 5.76. The first kappa shape index (κ1) is 15.6. The van der Waals surface area contributed by atoms with E-state index >= 15 is 0 Å². The first-order valence-electron chi connectivity index (χ1n) is 6.28. The molecule has 0 unspecified atom stereocenters. The molecule has 0 fully saturated rings. The minimum absolute atomic E-state index is 0.0211. The van der Waals surface area contributed by atoms with Gasteiger partial charge in [-0.25, -0.2) is 4.98 Å². The monoisotopic (exact) mass is 282 g/mol. The minimum atomic E-state index is -0.603. The number of nitro groups is 1. The van der Waals surface area contributed by atoms with Crippen molar-refractivity contribution in [2.24, 2.45) is 0 Å². The molecule has 0 radical (unpaired) electrons. The number of anilines is 2. The van der Waals surface area contributed by atoms with Gasteiger partial charge in [0.05, 0.1) is 4.92 Å². The number of nitrogens with two attached hydrogens (primary N) is 1. The molecule has 1 rings (SSSR count). The number of rotatable bonds is 7. The van der Waals surface area contributed by atoms with Crippen LogP contribution in [0.1, 0.15) is 20.3 Å². The molecule has 0 aliphatic heterocycles. The van der Waals surface area contributed by atoms with Crippen LogP contribution in [-0.4, -0.2) is 45.3 Å². The zero-order valence-corrected chi connectivity index (χ0v) is 11.5. The van der Waals surface area contributed by atoms with Crippen molar-refractivity contribution in [3.63, 3.8) is 0 Å². The maximum Gasteiger partial charge on any atom is 0.329 e. The number of carbonyl (C=O) groups is 1. The minimum Gasteiger partial charge on any atom is -0.368 e. The van der Waals surface area contributed by atoms with Gasteiger partial charge in [0.25, 0.3) is 0 Å². The summed E-state index contributed by atoms with van der Waals surface area (Å²) in [4.78, 5) is 31.0. The maximum absolute atomic E-state index is 11.8. The van der Waals surface area contributed by atoms with Gasteiger partial charge in [0.15, 0.2) is 0 Å². The van der Waals surface area contributed by atoms with Gasteiger partial charge in [-0.2, -0.15) is 4.98 Å². The van der Waals surface area contributed by atoms with Crippen molar-refractivity contribution >= 4 is 23.4 Å². The Kier molecular flexibility index (Phi) is 5.63. The van der Waals surface area contributed by atoms with Crippen molar-refractivity contribution in [1.82, 2.24) is 14.9 Å². The molecule has 1 amide bonds. The number of nitrogens with one attached hydrogen (secondary N) is 1. The number of hydrogen-bond acceptors (Lipinski definition) is 7. The Morgan fingerprint density at radius 2 is 2.15 bits per heavy atom. The van der Waals surface area contributed by atoms with E-state index in [0.717, 1.165) is 6.20 Å². The van der Waals surface area contributed by atoms with Crippen molar-refractivity contribution < 1.29 is 9.72 Å². The molecule has 20 heavy (non-hydrogen) atoms. The first-order chi connectivity index (χ1) is 9.49. The van der Waals surface area contributed by atoms with E-state index in [1.165, 1.54) is 0 Å². The molecule has 1 heterocycles. The zero-order chi connectivity index (χ0) is 15.1. The summed E-state index contributed by atoms with van der Waals surface area (Å²) in [6, 6.07) is 0. The Morgan fingerprint density at radius 3 is 2.70 bits per heavy atom. The molecular formula is C11H18N6O3. The second-order valence-electron chi connectivity index (χ2n) is 3.96. The lowest BCUT2D eigenvalue weighted by Crippen LogP contribution is -2.31. The molecule has 0 aliphatic rings. The van der Waals surface area contributed by atoms with Gasteiger partial charge in [-0.1, -0.05) is 0 Å². The van der Waals surface area contributed by atoms with Crippen molar-refractivity contribution in [2.75, 3.05) is 30.7 Å². The number of hydrogen-bond donors (Lipinski definition) is 2. The van der Waals surface area contributed by atoms with E-state index in [9.17, 15) is 14.9 Å². The Balaban J connectivity index is 2.64. The van der Waals surface area contributed by atoms with Crippen LogP contribution in [0.4, 0.5) is 17.5 Å². The highest BCUT2D eigenvalue weighted by Gasteiger charge is 2.17. The average Bonchev–Trinajstić information content (AvgIpc) is 2.39. The van der Waals surface area contributed by atoms with Crippen molar-refractivity contribution in [2.45, 2.75) is 20.3 Å². The average molecular weight is 282 g/mol. The molecule has 0 spiro atoms. The largest absolute Gasteiger partial charge is 0.368 e. The van der Waals surface area contributed by atoms with Crippen LogP contribution in [0.3, 0.4) is 0 Å². The molecule has 0 aliphatic carbocycles. The second-order valence-corrected chi connectivity index (χ2v) is 3.96. The van der Waals surface area contributed by atoms with Crippen LogP contribution < -0.4 is 11.1 Å². The molecule has 0 aromatic carbocycles. The number of amides is 1. The fourth-order valence-corrected chi connectivity index (χ4v) is 1.68. The van der Waals surface area contributed by atoms with E-state index < -0.39 is 4.92 Å². The van der Waals surface area contributed by atoms with E-state index in [-0.39, 0.29) is 36.3 Å². The Morgan fingerprint density at radius 1 is 1.50 bits per heavy atom. The molecular weight excluding hydrogens is 264 g/mol. The number of aromatic nitrogens is 2. The predicted molar refractivity (Wildman–Crippen MR) is 74.1 cm³/mol. The van der Waals surface area contributed by atoms with E-state index in [4.69, 9.17) is 5.73 Å². The van der Waals surface area contributed by atoms with E-state index in [2.05, 4.69) is 15.3 Å². The smallest absolute Gasteiger partial charge is 0.329 e. The summed E-state index contributed by atoms with van der Waals surface area (Å²) in [5, 5.41) is 13.5. The summed E-state index contributed by atoms with van der Waals surface area (Å²) in [5.41, 5.74) is 5.12. The van der Waals surface area contributed by atoms with Crippen LogP contribution in [0.15, 0.2) is 6.20 Å². The van der Waals surface area contributed by atoms with Gasteiger partial charge in [-0.15, -0.1) is 0 Å². The Bertz CT molecular complexity index is 489. The quantitative estimate of drug-likeness (QED) is 0.554. The van der Waals surface area contributed by atoms with E-state index in [0.29, 0.717) is 13.1 Å². The van der Waals surface area contributed by atoms with Crippen LogP contribution in [0.5, 0.6) is 0 Å². The normalized spacial score (nSPS) is 10.1. The first-order valence-corrected chi connectivity index (χ1v) is 6.28. The highest BCUT2D eigenvalue weighted by atomic mass is 16.6. The summed E-state index contributed by atoms with van der Waals surface area (Å²) < 4.78 is 0. The second kappa shape index (κ2) is 7.22. The third-order valence-corrected chi connectivity index (χ3v) is 2.73. The van der Waals surface area contributed by atoms with Crippen LogP contribution in [0.2, 0.25) is 0 Å². The molecule has 9 heteroatoms. The fraction of sp³-hybridized carbons (Fsp3) is 0.545. The van der Waals surface area contributed by atoms with Crippen molar-refractivity contribution in [3.8, 4) is 0 Å². The lowest BCUT2D eigenvalue weighted by molar-refractivity contribution is -0.384.